The fourth-order valence-electron chi connectivity index (χ4n) is 5.68. The molecule has 2 fully saturated rings. The van der Waals surface area contributed by atoms with Gasteiger partial charge in [0.05, 0.1) is 37.7 Å². The highest BCUT2D eigenvalue weighted by atomic mass is 32.1. The van der Waals surface area contributed by atoms with Crippen LogP contribution in [0.5, 0.6) is 5.75 Å². The van der Waals surface area contributed by atoms with Crippen molar-refractivity contribution in [2.45, 2.75) is 38.8 Å². The van der Waals surface area contributed by atoms with E-state index in [-0.39, 0.29) is 36.2 Å². The Morgan fingerprint density at radius 2 is 1.97 bits per heavy atom. The van der Waals surface area contributed by atoms with E-state index in [1.807, 2.05) is 29.6 Å². The number of likely N-dealkylation sites (tertiary alicyclic amines) is 1. The maximum atomic E-state index is 13.4. The lowest BCUT2D eigenvalue weighted by atomic mass is 9.69. The number of carbonyl (C=O) groups excluding carboxylic acids is 2. The van der Waals surface area contributed by atoms with Gasteiger partial charge in [-0.3, -0.25) is 14.5 Å². The first-order chi connectivity index (χ1) is 16.5. The van der Waals surface area contributed by atoms with Crippen LogP contribution in [-0.4, -0.2) is 46.2 Å². The van der Waals surface area contributed by atoms with Crippen molar-refractivity contribution in [1.29, 1.82) is 0 Å². The molecule has 0 bridgehead atoms. The summed E-state index contributed by atoms with van der Waals surface area (Å²) in [5.74, 6) is -0.913. The number of phenols is 1. The van der Waals surface area contributed by atoms with E-state index in [4.69, 9.17) is 4.74 Å². The number of amides is 2. The summed E-state index contributed by atoms with van der Waals surface area (Å²) in [6.07, 6.45) is 3.94. The smallest absolute Gasteiger partial charge is 0.234 e. The Balaban J connectivity index is 1.31. The molecule has 178 valence electrons. The molecule has 4 atom stereocenters. The second kappa shape index (κ2) is 9.49. The number of phenolic OH excluding ortho intramolecular Hbond substituents is 1. The number of thiophene rings is 1. The summed E-state index contributed by atoms with van der Waals surface area (Å²) >= 11 is 1.54. The number of imide groups is 1. The number of aliphatic hydroxyl groups excluding tert-OH is 1. The van der Waals surface area contributed by atoms with Crippen LogP contribution in [-0.2, 0) is 20.9 Å². The Kier molecular flexibility index (Phi) is 6.42. The van der Waals surface area contributed by atoms with Gasteiger partial charge in [-0.1, -0.05) is 29.8 Å². The fraction of sp³-hybridized carbons (Fsp3) is 0.407. The van der Waals surface area contributed by atoms with Gasteiger partial charge in [0.25, 0.3) is 0 Å². The SMILES string of the molecule is C/C(=C\c1ccc(O)cc1)CC[C@H]1OC[C@H]2C1=C(CO)C[C@H]1C(=O)N(Cc3cccs3)C(=O)[C@H]12. The van der Waals surface area contributed by atoms with Gasteiger partial charge in [0.2, 0.25) is 11.8 Å². The molecule has 0 spiro atoms. The quantitative estimate of drug-likeness (QED) is 0.460. The van der Waals surface area contributed by atoms with Gasteiger partial charge in [-0.15, -0.1) is 11.3 Å². The Labute approximate surface area is 203 Å². The molecule has 34 heavy (non-hydrogen) atoms. The molecule has 2 aliphatic heterocycles. The molecule has 0 saturated carbocycles. The molecule has 3 aliphatic rings. The van der Waals surface area contributed by atoms with Crippen molar-refractivity contribution in [3.05, 3.63) is 68.9 Å². The van der Waals surface area contributed by atoms with Crippen LogP contribution in [0, 0.1) is 17.8 Å². The number of aromatic hydroxyl groups is 1. The molecule has 3 heterocycles. The van der Waals surface area contributed by atoms with E-state index >= 15 is 0 Å². The van der Waals surface area contributed by atoms with E-state index in [1.165, 1.54) is 10.5 Å². The Bertz CT molecular complexity index is 1130. The van der Waals surface area contributed by atoms with Crippen LogP contribution < -0.4 is 0 Å². The van der Waals surface area contributed by atoms with Gasteiger partial charge in [-0.05, 0) is 66.5 Å². The number of hydrogen-bond acceptors (Lipinski definition) is 6. The molecular weight excluding hydrogens is 450 g/mol. The van der Waals surface area contributed by atoms with Crippen molar-refractivity contribution in [2.24, 2.45) is 17.8 Å². The number of benzene rings is 1. The van der Waals surface area contributed by atoms with Crippen LogP contribution in [0.3, 0.4) is 0 Å². The van der Waals surface area contributed by atoms with Gasteiger partial charge in [0.15, 0.2) is 0 Å². The summed E-state index contributed by atoms with van der Waals surface area (Å²) in [6, 6.07) is 11.0. The van der Waals surface area contributed by atoms with Gasteiger partial charge in [-0.2, -0.15) is 0 Å². The van der Waals surface area contributed by atoms with Crippen molar-refractivity contribution in [3.63, 3.8) is 0 Å². The highest BCUT2D eigenvalue weighted by Gasteiger charge is 2.56. The molecule has 1 aromatic carbocycles. The average Bonchev–Trinajstić information content (AvgIpc) is 3.55. The molecular formula is C27H29NO5S. The van der Waals surface area contributed by atoms with Gasteiger partial charge < -0.3 is 14.9 Å². The second-order valence-corrected chi connectivity index (χ2v) is 10.5. The highest BCUT2D eigenvalue weighted by Crippen LogP contribution is 2.50. The maximum Gasteiger partial charge on any atom is 0.234 e. The van der Waals surface area contributed by atoms with E-state index in [1.54, 1.807) is 23.5 Å². The molecule has 5 rings (SSSR count). The topological polar surface area (TPSA) is 87.1 Å². The number of rotatable bonds is 7. The second-order valence-electron chi connectivity index (χ2n) is 9.44. The average molecular weight is 480 g/mol. The molecule has 6 nitrogen and oxygen atoms in total. The standard InChI is InChI=1S/C27H29NO5S/c1-16(11-17-5-7-19(30)8-6-17)4-9-23-24-18(14-29)12-21-25(22(24)15-33-23)27(32)28(26(21)31)13-20-3-2-10-34-20/h2-3,5-8,10-11,21-23,25,29-30H,4,9,12-15H2,1H3/b16-11+/t21-,22+,23-,25-/m1/s1. The zero-order chi connectivity index (χ0) is 23.8. The summed E-state index contributed by atoms with van der Waals surface area (Å²) < 4.78 is 6.17. The Morgan fingerprint density at radius 3 is 2.68 bits per heavy atom. The Hall–Kier alpha value is -2.74. The van der Waals surface area contributed by atoms with Crippen molar-refractivity contribution >= 4 is 29.2 Å². The van der Waals surface area contributed by atoms with Crippen LogP contribution in [0.1, 0.15) is 36.6 Å². The summed E-state index contributed by atoms with van der Waals surface area (Å²) in [5, 5.41) is 21.6. The minimum Gasteiger partial charge on any atom is -0.508 e. The molecule has 7 heteroatoms. The lowest BCUT2D eigenvalue weighted by molar-refractivity contribution is -0.140. The van der Waals surface area contributed by atoms with Crippen LogP contribution in [0.2, 0.25) is 0 Å². The third-order valence-corrected chi connectivity index (χ3v) is 8.15. The van der Waals surface area contributed by atoms with Crippen LogP contribution in [0.15, 0.2) is 58.5 Å². The molecule has 2 amide bonds. The van der Waals surface area contributed by atoms with E-state index < -0.39 is 11.8 Å². The van der Waals surface area contributed by atoms with Crippen LogP contribution in [0.4, 0.5) is 0 Å². The van der Waals surface area contributed by atoms with E-state index in [2.05, 4.69) is 13.0 Å². The molecule has 2 saturated heterocycles. The first-order valence-corrected chi connectivity index (χ1v) is 12.6. The van der Waals surface area contributed by atoms with E-state index in [9.17, 15) is 19.8 Å². The van der Waals surface area contributed by atoms with Gasteiger partial charge in [-0.25, -0.2) is 0 Å². The minimum absolute atomic E-state index is 0.101. The first-order valence-electron chi connectivity index (χ1n) is 11.7. The lowest BCUT2D eigenvalue weighted by Crippen LogP contribution is -2.34. The number of aliphatic hydroxyl groups is 1. The number of ether oxygens (including phenoxy) is 1. The van der Waals surface area contributed by atoms with Crippen LogP contribution in [0.25, 0.3) is 6.08 Å². The largest absolute Gasteiger partial charge is 0.508 e. The maximum absolute atomic E-state index is 13.4. The van der Waals surface area contributed by atoms with E-state index in [0.29, 0.717) is 19.6 Å². The van der Waals surface area contributed by atoms with Gasteiger partial charge in [0, 0.05) is 10.8 Å². The molecule has 0 unspecified atom stereocenters. The number of hydrogen-bond donors (Lipinski definition) is 2. The highest BCUT2D eigenvalue weighted by molar-refractivity contribution is 7.09. The molecule has 2 aromatic rings. The van der Waals surface area contributed by atoms with Crippen LogP contribution >= 0.6 is 11.3 Å². The third kappa shape index (κ3) is 4.24. The van der Waals surface area contributed by atoms with Gasteiger partial charge >= 0.3 is 0 Å². The number of allylic oxidation sites excluding steroid dienone is 1. The lowest BCUT2D eigenvalue weighted by Gasteiger charge is -2.31. The normalized spacial score (nSPS) is 26.9. The summed E-state index contributed by atoms with van der Waals surface area (Å²) in [6.45, 7) is 2.70. The van der Waals surface area contributed by atoms with Gasteiger partial charge in [0.1, 0.15) is 5.75 Å². The first kappa shape index (κ1) is 23.0. The van der Waals surface area contributed by atoms with Crippen molar-refractivity contribution < 1.29 is 24.5 Å². The molecule has 2 N–H and O–H groups in total. The zero-order valence-electron chi connectivity index (χ0n) is 19.1. The number of fused-ring (bicyclic) bond motifs is 3. The summed E-state index contributed by atoms with van der Waals surface area (Å²) in [5.41, 5.74) is 4.12. The van der Waals surface area contributed by atoms with Crippen molar-refractivity contribution in [1.82, 2.24) is 4.90 Å². The predicted molar refractivity (Wildman–Crippen MR) is 130 cm³/mol. The number of carbonyl (C=O) groups is 2. The minimum atomic E-state index is -0.401. The monoisotopic (exact) mass is 479 g/mol. The molecule has 1 aliphatic carbocycles. The molecule has 1 aromatic heterocycles. The Morgan fingerprint density at radius 1 is 1.18 bits per heavy atom. The van der Waals surface area contributed by atoms with E-state index in [0.717, 1.165) is 34.4 Å². The zero-order valence-corrected chi connectivity index (χ0v) is 20.0. The molecule has 0 radical (unpaired) electrons. The summed E-state index contributed by atoms with van der Waals surface area (Å²) in [7, 11) is 0. The predicted octanol–water partition coefficient (Wildman–Crippen LogP) is 4.15. The number of nitrogens with zero attached hydrogens (tertiary/aromatic N) is 1. The fourth-order valence-corrected chi connectivity index (χ4v) is 6.38. The van der Waals surface area contributed by atoms with Crippen molar-refractivity contribution in [3.8, 4) is 5.75 Å². The third-order valence-electron chi connectivity index (χ3n) is 7.29. The van der Waals surface area contributed by atoms with Crippen molar-refractivity contribution in [2.75, 3.05) is 13.2 Å². The summed E-state index contributed by atoms with van der Waals surface area (Å²) in [4.78, 5) is 28.9.